The van der Waals surface area contributed by atoms with Crippen LogP contribution in [-0.2, 0) is 99.5 Å². The van der Waals surface area contributed by atoms with Crippen LogP contribution in [-0.4, -0.2) is 277 Å². The van der Waals surface area contributed by atoms with Gasteiger partial charge < -0.3 is 99.5 Å². The van der Waals surface area contributed by atoms with Crippen LogP contribution in [0.4, 0.5) is 0 Å². The maximum absolute atomic E-state index is 5.71. The lowest BCUT2D eigenvalue weighted by molar-refractivity contribution is -0.0316. The molecule has 0 amide bonds. The Hall–Kier alpha value is -1.36. The molecule has 580 valence electrons. The Morgan fingerprint density at radius 1 is 0.113 bits per heavy atom. The summed E-state index contributed by atoms with van der Waals surface area (Å²) >= 11 is 0. The molecule has 0 aromatic heterocycles. The zero-order chi connectivity index (χ0) is 69.2. The van der Waals surface area contributed by atoms with Gasteiger partial charge in [-0.25, -0.2) is 0 Å². The zero-order valence-corrected chi connectivity index (χ0v) is 62.4. The molecular weight excluding hydrogens is 1250 g/mol. The van der Waals surface area contributed by atoms with E-state index in [1.54, 1.807) is 0 Å². The van der Waals surface area contributed by atoms with Gasteiger partial charge in [0.1, 0.15) is 0 Å². The molecule has 0 atom stereocenters. The first-order valence-corrected chi connectivity index (χ1v) is 38.8. The van der Waals surface area contributed by atoms with Gasteiger partial charge in [0.25, 0.3) is 0 Å². The molecule has 0 fully saturated rings. The highest BCUT2D eigenvalue weighted by atomic mass is 16.6. The van der Waals surface area contributed by atoms with E-state index in [4.69, 9.17) is 99.5 Å². The van der Waals surface area contributed by atoms with Gasteiger partial charge in [0.05, 0.1) is 264 Å². The topological polar surface area (TPSA) is 194 Å². The second-order valence-electron chi connectivity index (χ2n) is 23.7. The average molecular weight is 1400 g/mol. The Bertz CT molecular complexity index is 1310. The van der Waals surface area contributed by atoms with Gasteiger partial charge in [-0.3, -0.25) is 0 Å². The molecule has 0 aromatic rings. The van der Waals surface area contributed by atoms with Crippen molar-refractivity contribution in [3.63, 3.8) is 0 Å². The van der Waals surface area contributed by atoms with Crippen molar-refractivity contribution in [3.05, 3.63) is 24.3 Å². The summed E-state index contributed by atoms with van der Waals surface area (Å²) < 4.78 is 117. The fourth-order valence-corrected chi connectivity index (χ4v) is 9.40. The SMILES string of the molecule is CCCCCCCC/C=C\CCCCCCCCOCCOCCOCCOCCOCCOCCOCCOCCOCCOCCOCCOCCOCCOCCOCCOCCOCCOCCOCCOCCOCCCCCCCC/C=C\CCCCCCCC. The molecule has 0 spiro atoms. The van der Waals surface area contributed by atoms with Gasteiger partial charge in [0.15, 0.2) is 0 Å². The maximum atomic E-state index is 5.71. The van der Waals surface area contributed by atoms with E-state index in [1.165, 1.54) is 167 Å². The molecule has 0 bridgehead atoms. The van der Waals surface area contributed by atoms with E-state index in [-0.39, 0.29) is 0 Å². The molecule has 0 aliphatic carbocycles. The number of unbranched alkanes of at least 4 members (excludes halogenated alkanes) is 24. The van der Waals surface area contributed by atoms with E-state index in [2.05, 4.69) is 38.2 Å². The average Bonchev–Trinajstić information content (AvgIpc) is 3.61. The van der Waals surface area contributed by atoms with Crippen molar-refractivity contribution in [1.82, 2.24) is 0 Å². The minimum Gasteiger partial charge on any atom is -0.379 e. The van der Waals surface area contributed by atoms with Crippen molar-refractivity contribution < 1.29 is 99.5 Å². The molecule has 0 radical (unpaired) electrons. The Balaban J connectivity index is 3.10. The van der Waals surface area contributed by atoms with Gasteiger partial charge in [-0.1, -0.05) is 154 Å². The fraction of sp³-hybridized carbons (Fsp3) is 0.947. The van der Waals surface area contributed by atoms with Crippen molar-refractivity contribution >= 4 is 0 Å². The minimum atomic E-state index is 0.493. The molecule has 21 nitrogen and oxygen atoms in total. The van der Waals surface area contributed by atoms with Crippen LogP contribution in [0.3, 0.4) is 0 Å². The molecule has 0 unspecified atom stereocenters. The lowest BCUT2D eigenvalue weighted by Crippen LogP contribution is -2.16. The van der Waals surface area contributed by atoms with E-state index in [0.717, 1.165) is 26.1 Å². The van der Waals surface area contributed by atoms with Gasteiger partial charge in [0, 0.05) is 13.2 Å². The molecule has 97 heavy (non-hydrogen) atoms. The van der Waals surface area contributed by atoms with E-state index in [9.17, 15) is 0 Å². The first-order valence-electron chi connectivity index (χ1n) is 38.8. The minimum absolute atomic E-state index is 0.493. The summed E-state index contributed by atoms with van der Waals surface area (Å²) in [5.41, 5.74) is 0. The number of rotatable bonds is 92. The van der Waals surface area contributed by atoms with Crippen LogP contribution >= 0.6 is 0 Å². The Labute approximate surface area is 592 Å². The van der Waals surface area contributed by atoms with Crippen LogP contribution in [0.2, 0.25) is 0 Å². The molecule has 0 aliphatic heterocycles. The highest BCUT2D eigenvalue weighted by Gasteiger charge is 2.02. The van der Waals surface area contributed by atoms with Gasteiger partial charge in [-0.2, -0.15) is 0 Å². The molecule has 0 aromatic carbocycles. The summed E-state index contributed by atoms with van der Waals surface area (Å²) in [6.45, 7) is 27.0. The molecule has 0 aliphatic rings. The normalized spacial score (nSPS) is 12.0. The fourth-order valence-electron chi connectivity index (χ4n) is 9.40. The predicted octanol–water partition coefficient (Wildman–Crippen LogP) is 13.4. The first-order chi connectivity index (χ1) is 48.4. The highest BCUT2D eigenvalue weighted by Crippen LogP contribution is 2.12. The van der Waals surface area contributed by atoms with Crippen molar-refractivity contribution in [2.24, 2.45) is 0 Å². The van der Waals surface area contributed by atoms with Gasteiger partial charge in [0.2, 0.25) is 0 Å². The molecule has 0 saturated carbocycles. The maximum Gasteiger partial charge on any atom is 0.0701 e. The summed E-state index contributed by atoms with van der Waals surface area (Å²) in [5, 5.41) is 0. The highest BCUT2D eigenvalue weighted by molar-refractivity contribution is 4.82. The second kappa shape index (κ2) is 94.6. The number of hydrogen-bond donors (Lipinski definition) is 0. The molecule has 0 N–H and O–H groups in total. The van der Waals surface area contributed by atoms with Gasteiger partial charge >= 0.3 is 0 Å². The number of allylic oxidation sites excluding steroid dienone is 4. The monoisotopic (exact) mass is 1400 g/mol. The van der Waals surface area contributed by atoms with Crippen molar-refractivity contribution in [2.45, 2.75) is 194 Å². The summed E-state index contributed by atoms with van der Waals surface area (Å²) in [5.74, 6) is 0. The van der Waals surface area contributed by atoms with Crippen molar-refractivity contribution in [1.29, 1.82) is 0 Å². The molecule has 0 rings (SSSR count). The number of ether oxygens (including phenoxy) is 21. The largest absolute Gasteiger partial charge is 0.379 e. The quantitative estimate of drug-likeness (QED) is 0.0412. The van der Waals surface area contributed by atoms with Crippen LogP contribution in [0, 0.1) is 0 Å². The lowest BCUT2D eigenvalue weighted by Gasteiger charge is -2.09. The first kappa shape index (κ1) is 95.6. The van der Waals surface area contributed by atoms with Crippen molar-refractivity contribution in [2.75, 3.05) is 277 Å². The lowest BCUT2D eigenvalue weighted by atomic mass is 10.1. The smallest absolute Gasteiger partial charge is 0.0701 e. The van der Waals surface area contributed by atoms with Crippen LogP contribution in [0.15, 0.2) is 24.3 Å². The van der Waals surface area contributed by atoms with Crippen LogP contribution in [0.25, 0.3) is 0 Å². The van der Waals surface area contributed by atoms with Gasteiger partial charge in [-0.15, -0.1) is 0 Å². The van der Waals surface area contributed by atoms with E-state index in [1.807, 2.05) is 0 Å². The Kier molecular flexibility index (Phi) is 93.3. The van der Waals surface area contributed by atoms with Crippen molar-refractivity contribution in [3.8, 4) is 0 Å². The standard InChI is InChI=1S/C76H150O21/c1-3-5-7-9-11-13-15-17-19-21-23-25-27-29-31-33-35-77-37-39-79-41-43-81-45-47-83-49-51-85-53-55-87-57-59-89-61-63-91-65-67-93-69-71-95-73-75-97-76-74-96-72-70-94-68-66-92-64-62-90-60-58-88-56-54-86-52-50-84-48-46-82-44-42-80-40-38-78-36-34-32-30-28-26-24-22-20-18-16-14-12-10-8-6-4-2/h17-20H,3-16,21-76H2,1-2H3/b19-17-,20-18-. The third-order valence-electron chi connectivity index (χ3n) is 15.0. The summed E-state index contributed by atoms with van der Waals surface area (Å²) in [6, 6.07) is 0. The summed E-state index contributed by atoms with van der Waals surface area (Å²) in [7, 11) is 0. The summed E-state index contributed by atoms with van der Waals surface area (Å²) in [6.07, 6.45) is 46.4. The molecule has 0 saturated heterocycles. The second-order valence-corrected chi connectivity index (χ2v) is 23.7. The van der Waals surface area contributed by atoms with E-state index in [0.29, 0.717) is 264 Å². The third-order valence-corrected chi connectivity index (χ3v) is 15.0. The van der Waals surface area contributed by atoms with E-state index >= 15 is 0 Å². The Morgan fingerprint density at radius 3 is 0.351 bits per heavy atom. The van der Waals surface area contributed by atoms with Gasteiger partial charge in [-0.05, 0) is 64.2 Å². The van der Waals surface area contributed by atoms with E-state index < -0.39 is 0 Å². The Morgan fingerprint density at radius 2 is 0.216 bits per heavy atom. The van der Waals surface area contributed by atoms with Crippen LogP contribution in [0.5, 0.6) is 0 Å². The third kappa shape index (κ3) is 94.6. The zero-order valence-electron chi connectivity index (χ0n) is 62.4. The molecule has 0 heterocycles. The molecular formula is C76H150O21. The van der Waals surface area contributed by atoms with Crippen LogP contribution < -0.4 is 0 Å². The summed E-state index contributed by atoms with van der Waals surface area (Å²) in [4.78, 5) is 0. The predicted molar refractivity (Wildman–Crippen MR) is 386 cm³/mol. The van der Waals surface area contributed by atoms with Crippen LogP contribution in [0.1, 0.15) is 194 Å². The molecule has 21 heteroatoms. The number of hydrogen-bond acceptors (Lipinski definition) is 21.